The van der Waals surface area contributed by atoms with Crippen molar-refractivity contribution in [3.8, 4) is 0 Å². The summed E-state index contributed by atoms with van der Waals surface area (Å²) < 4.78 is 41.2. The predicted octanol–water partition coefficient (Wildman–Crippen LogP) is 3.53. The van der Waals surface area contributed by atoms with Gasteiger partial charge in [0.05, 0.1) is 11.9 Å². The van der Waals surface area contributed by atoms with E-state index in [-0.39, 0.29) is 18.2 Å². The van der Waals surface area contributed by atoms with Crippen molar-refractivity contribution >= 4 is 50.1 Å². The predicted molar refractivity (Wildman–Crippen MR) is 136 cm³/mol. The number of benzene rings is 2. The highest BCUT2D eigenvalue weighted by Gasteiger charge is 2.30. The van der Waals surface area contributed by atoms with Gasteiger partial charge in [0.2, 0.25) is 21.8 Å². The van der Waals surface area contributed by atoms with Gasteiger partial charge < -0.3 is 10.2 Å². The highest BCUT2D eigenvalue weighted by Crippen LogP contribution is 2.21. The van der Waals surface area contributed by atoms with Gasteiger partial charge in [-0.15, -0.1) is 0 Å². The van der Waals surface area contributed by atoms with Gasteiger partial charge >= 0.3 is 0 Å². The summed E-state index contributed by atoms with van der Waals surface area (Å²) >= 11 is 2.10. The van der Waals surface area contributed by atoms with Crippen molar-refractivity contribution in [1.29, 1.82) is 0 Å². The van der Waals surface area contributed by atoms with Crippen molar-refractivity contribution in [3.63, 3.8) is 0 Å². The van der Waals surface area contributed by atoms with Gasteiger partial charge in [0.1, 0.15) is 18.4 Å². The molecule has 180 valence electrons. The zero-order valence-electron chi connectivity index (χ0n) is 19.1. The van der Waals surface area contributed by atoms with Gasteiger partial charge in [-0.05, 0) is 73.2 Å². The van der Waals surface area contributed by atoms with Crippen molar-refractivity contribution in [2.75, 3.05) is 17.1 Å². The fourth-order valence-corrected chi connectivity index (χ4v) is 4.29. The molecule has 0 unspecified atom stereocenters. The van der Waals surface area contributed by atoms with E-state index in [1.807, 2.05) is 13.8 Å². The molecule has 2 amide bonds. The van der Waals surface area contributed by atoms with Crippen LogP contribution in [0.5, 0.6) is 0 Å². The molecule has 0 fully saturated rings. The number of nitrogens with zero attached hydrogens (tertiary/aromatic N) is 2. The molecular formula is C23H29FIN3O4S. The second kappa shape index (κ2) is 11.8. The standard InChI is InChI=1S/C23H29FIN3O4S/c1-5-16(2)26-23(30)17(3)27(14-18-8-6-7-9-21(18)24)22(29)15-28(33(4,31)32)20-12-10-19(25)11-13-20/h6-13,16-17H,5,14-15H2,1-4H3,(H,26,30)/t16-,17+/m1/s1. The molecule has 10 heteroatoms. The lowest BCUT2D eigenvalue weighted by atomic mass is 10.1. The molecule has 0 aliphatic heterocycles. The maximum Gasteiger partial charge on any atom is 0.244 e. The van der Waals surface area contributed by atoms with Gasteiger partial charge in [-0.3, -0.25) is 13.9 Å². The van der Waals surface area contributed by atoms with E-state index in [2.05, 4.69) is 27.9 Å². The van der Waals surface area contributed by atoms with Crippen LogP contribution in [0.15, 0.2) is 48.5 Å². The Morgan fingerprint density at radius 3 is 2.24 bits per heavy atom. The first-order valence-corrected chi connectivity index (χ1v) is 13.4. The highest BCUT2D eigenvalue weighted by molar-refractivity contribution is 14.1. The van der Waals surface area contributed by atoms with E-state index in [1.54, 1.807) is 37.3 Å². The zero-order chi connectivity index (χ0) is 24.8. The number of sulfonamides is 1. The monoisotopic (exact) mass is 589 g/mol. The number of anilines is 1. The minimum Gasteiger partial charge on any atom is -0.352 e. The van der Waals surface area contributed by atoms with Crippen LogP contribution in [-0.4, -0.2) is 50.0 Å². The van der Waals surface area contributed by atoms with Crippen LogP contribution in [0.1, 0.15) is 32.8 Å². The van der Waals surface area contributed by atoms with Crippen LogP contribution in [0.2, 0.25) is 0 Å². The summed E-state index contributed by atoms with van der Waals surface area (Å²) in [6.45, 7) is 4.62. The first-order valence-electron chi connectivity index (χ1n) is 10.5. The highest BCUT2D eigenvalue weighted by atomic mass is 127. The molecule has 2 rings (SSSR count). The van der Waals surface area contributed by atoms with E-state index >= 15 is 0 Å². The Hall–Kier alpha value is -2.21. The smallest absolute Gasteiger partial charge is 0.244 e. The van der Waals surface area contributed by atoms with Crippen LogP contribution in [-0.2, 0) is 26.2 Å². The lowest BCUT2D eigenvalue weighted by Crippen LogP contribution is -2.52. The normalized spacial score (nSPS) is 13.2. The number of carbonyl (C=O) groups excluding carboxylic acids is 2. The van der Waals surface area contributed by atoms with Crippen LogP contribution < -0.4 is 9.62 Å². The summed E-state index contributed by atoms with van der Waals surface area (Å²) in [6, 6.07) is 11.6. The first-order chi connectivity index (χ1) is 15.4. The third kappa shape index (κ3) is 7.66. The fraction of sp³-hybridized carbons (Fsp3) is 0.391. The number of hydrogen-bond acceptors (Lipinski definition) is 4. The molecule has 33 heavy (non-hydrogen) atoms. The van der Waals surface area contributed by atoms with E-state index in [0.717, 1.165) is 14.1 Å². The summed E-state index contributed by atoms with van der Waals surface area (Å²) in [7, 11) is -3.80. The maximum absolute atomic E-state index is 14.4. The SMILES string of the molecule is CC[C@@H](C)NC(=O)[C@H](C)N(Cc1ccccc1F)C(=O)CN(c1ccc(I)cc1)S(C)(=O)=O. The van der Waals surface area contributed by atoms with Gasteiger partial charge in [-0.1, -0.05) is 25.1 Å². The summed E-state index contributed by atoms with van der Waals surface area (Å²) in [4.78, 5) is 27.4. The second-order valence-electron chi connectivity index (χ2n) is 7.85. The molecule has 0 bridgehead atoms. The lowest BCUT2D eigenvalue weighted by molar-refractivity contribution is -0.139. The molecule has 0 aromatic heterocycles. The largest absolute Gasteiger partial charge is 0.352 e. The Balaban J connectivity index is 2.39. The van der Waals surface area contributed by atoms with Gasteiger partial charge in [-0.25, -0.2) is 12.8 Å². The van der Waals surface area contributed by atoms with Crippen molar-refractivity contribution in [1.82, 2.24) is 10.2 Å². The molecule has 0 aliphatic carbocycles. The van der Waals surface area contributed by atoms with Gasteiger partial charge in [0.25, 0.3) is 0 Å². The van der Waals surface area contributed by atoms with Crippen LogP contribution in [0.3, 0.4) is 0 Å². The Morgan fingerprint density at radius 2 is 1.70 bits per heavy atom. The van der Waals surface area contributed by atoms with Gasteiger partial charge in [-0.2, -0.15) is 0 Å². The molecule has 2 aromatic carbocycles. The number of nitrogens with one attached hydrogen (secondary N) is 1. The van der Waals surface area contributed by atoms with Crippen molar-refractivity contribution < 1.29 is 22.4 Å². The number of carbonyl (C=O) groups is 2. The number of halogens is 2. The average molecular weight is 589 g/mol. The van der Waals surface area contributed by atoms with Gasteiger partial charge in [0.15, 0.2) is 0 Å². The Morgan fingerprint density at radius 1 is 1.09 bits per heavy atom. The molecule has 0 radical (unpaired) electrons. The zero-order valence-corrected chi connectivity index (χ0v) is 22.1. The third-order valence-corrected chi connectivity index (χ3v) is 7.12. The Labute approximate surface area is 208 Å². The van der Waals surface area contributed by atoms with E-state index in [1.165, 1.54) is 23.1 Å². The van der Waals surface area contributed by atoms with Crippen LogP contribution in [0, 0.1) is 9.39 Å². The molecule has 0 aliphatic rings. The lowest BCUT2D eigenvalue weighted by Gasteiger charge is -2.32. The van der Waals surface area contributed by atoms with E-state index in [0.29, 0.717) is 12.1 Å². The Bertz CT molecular complexity index is 1080. The maximum atomic E-state index is 14.4. The van der Waals surface area contributed by atoms with Crippen LogP contribution in [0.25, 0.3) is 0 Å². The van der Waals surface area contributed by atoms with Crippen molar-refractivity contribution in [3.05, 3.63) is 63.5 Å². The second-order valence-corrected chi connectivity index (χ2v) is 11.0. The summed E-state index contributed by atoms with van der Waals surface area (Å²) in [5, 5.41) is 2.83. The third-order valence-electron chi connectivity index (χ3n) is 5.26. The first kappa shape index (κ1) is 27.0. The van der Waals surface area contributed by atoms with Gasteiger partial charge in [0, 0.05) is 21.7 Å². The van der Waals surface area contributed by atoms with E-state index in [9.17, 15) is 22.4 Å². The molecule has 7 nitrogen and oxygen atoms in total. The number of amides is 2. The molecular weight excluding hydrogens is 560 g/mol. The van der Waals surface area contributed by atoms with Crippen molar-refractivity contribution in [2.24, 2.45) is 0 Å². The minimum atomic E-state index is -3.80. The molecule has 2 atom stereocenters. The summed E-state index contributed by atoms with van der Waals surface area (Å²) in [5.74, 6) is -1.52. The Kier molecular flexibility index (Phi) is 9.65. The molecule has 1 N–H and O–H groups in total. The number of rotatable bonds is 10. The van der Waals surface area contributed by atoms with Crippen LogP contribution >= 0.6 is 22.6 Å². The number of hydrogen-bond donors (Lipinski definition) is 1. The topological polar surface area (TPSA) is 86.8 Å². The molecule has 0 saturated carbocycles. The van der Waals surface area contributed by atoms with Crippen LogP contribution in [0.4, 0.5) is 10.1 Å². The molecule has 0 heterocycles. The summed E-state index contributed by atoms with van der Waals surface area (Å²) in [6.07, 6.45) is 1.72. The fourth-order valence-electron chi connectivity index (χ4n) is 3.08. The molecule has 2 aromatic rings. The molecule has 0 saturated heterocycles. The quantitative estimate of drug-likeness (QED) is 0.430. The summed E-state index contributed by atoms with van der Waals surface area (Å²) in [5.41, 5.74) is 0.558. The van der Waals surface area contributed by atoms with E-state index < -0.39 is 40.2 Å². The molecule has 0 spiro atoms. The average Bonchev–Trinajstić information content (AvgIpc) is 2.76. The minimum absolute atomic E-state index is 0.107. The van der Waals surface area contributed by atoms with E-state index in [4.69, 9.17) is 0 Å². The van der Waals surface area contributed by atoms with Crippen molar-refractivity contribution in [2.45, 2.75) is 45.8 Å².